The summed E-state index contributed by atoms with van der Waals surface area (Å²) in [4.78, 5) is 26.8. The summed E-state index contributed by atoms with van der Waals surface area (Å²) >= 11 is 3.07. The van der Waals surface area contributed by atoms with Gasteiger partial charge in [-0.15, -0.1) is 23.7 Å². The number of fused-ring (bicyclic) bond motifs is 2. The van der Waals surface area contributed by atoms with Crippen molar-refractivity contribution >= 4 is 66.6 Å². The number of rotatable bonds is 9. The van der Waals surface area contributed by atoms with Crippen LogP contribution in [0.25, 0.3) is 20.4 Å². The van der Waals surface area contributed by atoms with Gasteiger partial charge >= 0.3 is 0 Å². The van der Waals surface area contributed by atoms with Crippen LogP contribution in [0.4, 0.5) is 5.13 Å². The van der Waals surface area contributed by atoms with E-state index in [1.165, 1.54) is 11.3 Å². The van der Waals surface area contributed by atoms with E-state index < -0.39 is 0 Å². The molecule has 0 atom stereocenters. The van der Waals surface area contributed by atoms with Gasteiger partial charge < -0.3 is 9.64 Å². The van der Waals surface area contributed by atoms with Gasteiger partial charge in [0, 0.05) is 18.7 Å². The molecule has 0 radical (unpaired) electrons. The van der Waals surface area contributed by atoms with Crippen LogP contribution in [0.1, 0.15) is 31.1 Å². The maximum absolute atomic E-state index is 13.6. The first-order valence-corrected chi connectivity index (χ1v) is 12.2. The lowest BCUT2D eigenvalue weighted by Gasteiger charge is -2.24. The molecule has 6 nitrogen and oxygen atoms in total. The Bertz CT molecular complexity index is 1190. The van der Waals surface area contributed by atoms with Crippen LogP contribution in [0.2, 0.25) is 0 Å². The zero-order valence-electron chi connectivity index (χ0n) is 18.4. The molecule has 0 saturated heterocycles. The molecular weight excluding hydrogens is 464 g/mol. The predicted molar refractivity (Wildman–Crippen MR) is 137 cm³/mol. The summed E-state index contributed by atoms with van der Waals surface area (Å²) in [5, 5.41) is 0.713. The standard InChI is InChI=1S/C23H26N4O2S2.ClH/c1-4-26(5-2)11-12-27(22(28)16-7-9-18-20(13-16)30-15-24-18)23-25-19-10-8-17(29-6-3)14-21(19)31-23;/h7-10,13-15H,4-6,11-12H2,1-3H3;1H. The van der Waals surface area contributed by atoms with E-state index in [4.69, 9.17) is 9.72 Å². The van der Waals surface area contributed by atoms with Gasteiger partial charge in [-0.3, -0.25) is 9.69 Å². The molecular formula is C23H27ClN4O2S2. The largest absolute Gasteiger partial charge is 0.494 e. The van der Waals surface area contributed by atoms with E-state index in [9.17, 15) is 4.79 Å². The molecule has 1 amide bonds. The fourth-order valence-electron chi connectivity index (χ4n) is 3.47. The molecule has 0 spiro atoms. The average molecular weight is 491 g/mol. The summed E-state index contributed by atoms with van der Waals surface area (Å²) in [5.41, 5.74) is 4.26. The maximum atomic E-state index is 13.6. The summed E-state index contributed by atoms with van der Waals surface area (Å²) < 4.78 is 7.66. The lowest BCUT2D eigenvalue weighted by Crippen LogP contribution is -2.38. The molecule has 0 unspecified atom stereocenters. The Hall–Kier alpha value is -2.26. The van der Waals surface area contributed by atoms with Gasteiger partial charge in [0.1, 0.15) is 5.75 Å². The van der Waals surface area contributed by atoms with E-state index >= 15 is 0 Å². The van der Waals surface area contributed by atoms with Crippen molar-refractivity contribution in [3.63, 3.8) is 0 Å². The number of benzene rings is 2. The minimum atomic E-state index is -0.0356. The summed E-state index contributed by atoms with van der Waals surface area (Å²) in [7, 11) is 0. The summed E-state index contributed by atoms with van der Waals surface area (Å²) in [6.07, 6.45) is 0. The highest BCUT2D eigenvalue weighted by atomic mass is 35.5. The van der Waals surface area contributed by atoms with Crippen molar-refractivity contribution in [1.82, 2.24) is 14.9 Å². The number of ether oxygens (including phenoxy) is 1. The molecule has 2 aromatic heterocycles. The van der Waals surface area contributed by atoms with Gasteiger partial charge in [-0.2, -0.15) is 0 Å². The van der Waals surface area contributed by atoms with Crippen LogP contribution in [0.15, 0.2) is 41.9 Å². The highest BCUT2D eigenvalue weighted by molar-refractivity contribution is 7.22. The zero-order valence-corrected chi connectivity index (χ0v) is 20.9. The molecule has 170 valence electrons. The Morgan fingerprint density at radius 2 is 1.78 bits per heavy atom. The number of likely N-dealkylation sites (N-methyl/N-ethyl adjacent to an activating group) is 1. The molecule has 0 saturated carbocycles. The van der Waals surface area contributed by atoms with Crippen molar-refractivity contribution in [2.45, 2.75) is 20.8 Å². The van der Waals surface area contributed by atoms with Crippen molar-refractivity contribution in [1.29, 1.82) is 0 Å². The average Bonchev–Trinajstić information content (AvgIpc) is 3.42. The molecule has 0 aliphatic heterocycles. The quantitative estimate of drug-likeness (QED) is 0.300. The molecule has 4 rings (SSSR count). The number of carbonyl (C=O) groups is 1. The molecule has 4 aromatic rings. The lowest BCUT2D eigenvalue weighted by atomic mass is 10.2. The van der Waals surface area contributed by atoms with E-state index in [1.807, 2.05) is 48.2 Å². The number of halogens is 1. The Labute approximate surface area is 202 Å². The highest BCUT2D eigenvalue weighted by Gasteiger charge is 2.22. The smallest absolute Gasteiger partial charge is 0.260 e. The Morgan fingerprint density at radius 1 is 1.00 bits per heavy atom. The molecule has 0 bridgehead atoms. The second-order valence-corrected chi connectivity index (χ2v) is 8.97. The van der Waals surface area contributed by atoms with Crippen molar-refractivity contribution in [2.24, 2.45) is 0 Å². The van der Waals surface area contributed by atoms with Crippen LogP contribution in [-0.2, 0) is 0 Å². The van der Waals surface area contributed by atoms with Crippen LogP contribution < -0.4 is 9.64 Å². The molecule has 0 fully saturated rings. The molecule has 32 heavy (non-hydrogen) atoms. The van der Waals surface area contributed by atoms with E-state index in [2.05, 4.69) is 23.7 Å². The summed E-state index contributed by atoms with van der Waals surface area (Å²) in [6.45, 7) is 10.1. The van der Waals surface area contributed by atoms with Crippen LogP contribution in [-0.4, -0.2) is 53.6 Å². The van der Waals surface area contributed by atoms with Crippen LogP contribution in [0, 0.1) is 0 Å². The van der Waals surface area contributed by atoms with Gasteiger partial charge in [0.15, 0.2) is 5.13 Å². The Kier molecular flexibility index (Phi) is 8.42. The van der Waals surface area contributed by atoms with Crippen LogP contribution >= 0.6 is 35.1 Å². The van der Waals surface area contributed by atoms with E-state index in [0.717, 1.165) is 45.8 Å². The van der Waals surface area contributed by atoms with Gasteiger partial charge in [0.2, 0.25) is 0 Å². The fraction of sp³-hybridized carbons (Fsp3) is 0.348. The first kappa shape index (κ1) is 24.4. The molecule has 2 heterocycles. The SMILES string of the molecule is CCOc1ccc2nc(N(CCN(CC)CC)C(=O)c3ccc4ncsc4c3)sc2c1.Cl. The summed E-state index contributed by atoms with van der Waals surface area (Å²) in [5.74, 6) is 0.786. The van der Waals surface area contributed by atoms with Gasteiger partial charge in [-0.1, -0.05) is 25.2 Å². The van der Waals surface area contributed by atoms with Crippen LogP contribution in [0.3, 0.4) is 0 Å². The number of carbonyl (C=O) groups excluding carboxylic acids is 1. The van der Waals surface area contributed by atoms with Crippen molar-refractivity contribution in [2.75, 3.05) is 37.7 Å². The Balaban J connectivity index is 0.00000289. The number of nitrogens with zero attached hydrogens (tertiary/aromatic N) is 4. The second kappa shape index (κ2) is 11.0. The fourth-order valence-corrected chi connectivity index (χ4v) is 5.21. The number of amides is 1. The zero-order chi connectivity index (χ0) is 21.8. The molecule has 0 N–H and O–H groups in total. The van der Waals surface area contributed by atoms with Gasteiger partial charge in [-0.25, -0.2) is 9.97 Å². The highest BCUT2D eigenvalue weighted by Crippen LogP contribution is 2.32. The number of aromatic nitrogens is 2. The number of thiazole rings is 2. The minimum absolute atomic E-state index is 0. The van der Waals surface area contributed by atoms with E-state index in [0.29, 0.717) is 23.8 Å². The number of anilines is 1. The third-order valence-corrected chi connectivity index (χ3v) is 7.08. The molecule has 0 aliphatic carbocycles. The molecule has 0 aliphatic rings. The first-order valence-electron chi connectivity index (χ1n) is 10.5. The van der Waals surface area contributed by atoms with Crippen molar-refractivity contribution < 1.29 is 9.53 Å². The van der Waals surface area contributed by atoms with Gasteiger partial charge in [0.25, 0.3) is 5.91 Å². The first-order chi connectivity index (χ1) is 15.1. The van der Waals surface area contributed by atoms with Crippen molar-refractivity contribution in [3.8, 4) is 5.75 Å². The normalized spacial score (nSPS) is 11.1. The third kappa shape index (κ3) is 5.20. The maximum Gasteiger partial charge on any atom is 0.260 e. The van der Waals surface area contributed by atoms with Gasteiger partial charge in [-0.05, 0) is 56.4 Å². The molecule has 2 aromatic carbocycles. The number of hydrogen-bond acceptors (Lipinski definition) is 7. The van der Waals surface area contributed by atoms with Gasteiger partial charge in [0.05, 0.1) is 32.6 Å². The number of hydrogen-bond donors (Lipinski definition) is 0. The van der Waals surface area contributed by atoms with Crippen molar-refractivity contribution in [3.05, 3.63) is 47.5 Å². The minimum Gasteiger partial charge on any atom is -0.494 e. The van der Waals surface area contributed by atoms with Crippen LogP contribution in [0.5, 0.6) is 5.75 Å². The molecule has 9 heteroatoms. The Morgan fingerprint density at radius 3 is 2.53 bits per heavy atom. The second-order valence-electron chi connectivity index (χ2n) is 7.08. The summed E-state index contributed by atoms with van der Waals surface area (Å²) in [6, 6.07) is 11.6. The monoisotopic (exact) mass is 490 g/mol. The topological polar surface area (TPSA) is 58.6 Å². The predicted octanol–water partition coefficient (Wildman–Crippen LogP) is 5.72. The van der Waals surface area contributed by atoms with E-state index in [1.54, 1.807) is 16.8 Å². The third-order valence-electron chi connectivity index (χ3n) is 5.25. The lowest BCUT2D eigenvalue weighted by molar-refractivity contribution is 0.0984. The van der Waals surface area contributed by atoms with E-state index in [-0.39, 0.29) is 18.3 Å².